The monoisotopic (exact) mass is 220 g/mol. The van der Waals surface area contributed by atoms with Crippen LogP contribution in [0.1, 0.15) is 19.4 Å². The van der Waals surface area contributed by atoms with Crippen molar-refractivity contribution >= 4 is 21.3 Å². The minimum atomic E-state index is -3.21. The Balaban J connectivity index is 3.35. The summed E-state index contributed by atoms with van der Waals surface area (Å²) in [7, 11) is -3.21. The highest BCUT2D eigenvalue weighted by molar-refractivity contribution is 7.92. The van der Waals surface area contributed by atoms with Gasteiger partial charge in [0.05, 0.1) is 5.60 Å². The van der Waals surface area contributed by atoms with Crippen molar-refractivity contribution in [2.24, 2.45) is 5.14 Å². The van der Waals surface area contributed by atoms with Gasteiger partial charge in [0.25, 0.3) is 0 Å². The number of aliphatic hydroxyl groups is 1. The summed E-state index contributed by atoms with van der Waals surface area (Å²) in [6.07, 6.45) is 0. The molecule has 0 bridgehead atoms. The zero-order valence-corrected chi connectivity index (χ0v) is 9.04. The maximum Gasteiger partial charge on any atom is 0.142 e. The summed E-state index contributed by atoms with van der Waals surface area (Å²) in [4.78, 5) is 0. The third-order valence-electron chi connectivity index (χ3n) is 1.56. The predicted octanol–water partition coefficient (Wildman–Crippen LogP) is 1.25. The van der Waals surface area contributed by atoms with Crippen LogP contribution >= 0.6 is 11.3 Å². The third-order valence-corrected chi connectivity index (χ3v) is 4.07. The van der Waals surface area contributed by atoms with Gasteiger partial charge in [0, 0.05) is 5.56 Å². The number of hydrogen-bond acceptors (Lipinski definition) is 4. The molecule has 1 heterocycles. The molecule has 1 aromatic heterocycles. The van der Waals surface area contributed by atoms with Crippen LogP contribution in [0.3, 0.4) is 0 Å². The van der Waals surface area contributed by atoms with E-state index >= 15 is 0 Å². The Morgan fingerprint density at radius 1 is 1.69 bits per heavy atom. The standard InChI is InChI=1S/C7H12N2O2S2/c1-7(2,10)5-3-4-12-6(5)13(8,9)11/h3-4,10H,1-2H3,(H3,8,9,11). The lowest BCUT2D eigenvalue weighted by molar-refractivity contribution is 0.0764. The quantitative estimate of drug-likeness (QED) is 0.700. The molecule has 0 aliphatic rings. The molecule has 1 aromatic rings. The highest BCUT2D eigenvalue weighted by Gasteiger charge is 2.24. The van der Waals surface area contributed by atoms with Crippen LogP contribution < -0.4 is 5.14 Å². The molecule has 1 atom stereocenters. The molecule has 0 aliphatic heterocycles. The van der Waals surface area contributed by atoms with Gasteiger partial charge in [0.2, 0.25) is 0 Å². The van der Waals surface area contributed by atoms with Crippen LogP contribution in [0.4, 0.5) is 0 Å². The highest BCUT2D eigenvalue weighted by atomic mass is 32.2. The second kappa shape index (κ2) is 3.06. The number of rotatable bonds is 2. The van der Waals surface area contributed by atoms with Crippen molar-refractivity contribution in [1.82, 2.24) is 0 Å². The minimum absolute atomic E-state index is 0.250. The molecule has 1 unspecified atom stereocenters. The van der Waals surface area contributed by atoms with Crippen molar-refractivity contribution in [3.63, 3.8) is 0 Å². The molecule has 0 saturated carbocycles. The summed E-state index contributed by atoms with van der Waals surface area (Å²) < 4.78 is 18.7. The zero-order chi connectivity index (χ0) is 10.3. The molecule has 4 N–H and O–H groups in total. The van der Waals surface area contributed by atoms with E-state index in [1.54, 1.807) is 25.3 Å². The van der Waals surface area contributed by atoms with Gasteiger partial charge in [-0.1, -0.05) is 0 Å². The van der Waals surface area contributed by atoms with Crippen molar-refractivity contribution in [2.75, 3.05) is 0 Å². The van der Waals surface area contributed by atoms with E-state index in [9.17, 15) is 9.32 Å². The smallest absolute Gasteiger partial charge is 0.142 e. The van der Waals surface area contributed by atoms with Crippen LogP contribution in [0.25, 0.3) is 0 Å². The molecule has 4 nitrogen and oxygen atoms in total. The summed E-state index contributed by atoms with van der Waals surface area (Å²) in [6.45, 7) is 3.15. The SMILES string of the molecule is CC(C)(O)c1ccsc1S(=N)(N)=O. The Morgan fingerprint density at radius 2 is 2.23 bits per heavy atom. The number of nitrogens with one attached hydrogen (secondary N) is 1. The molecule has 13 heavy (non-hydrogen) atoms. The summed E-state index contributed by atoms with van der Waals surface area (Å²) in [5.41, 5.74) is -0.627. The van der Waals surface area contributed by atoms with Crippen molar-refractivity contribution < 1.29 is 9.32 Å². The van der Waals surface area contributed by atoms with E-state index < -0.39 is 15.5 Å². The summed E-state index contributed by atoms with van der Waals surface area (Å²) in [6, 6.07) is 1.64. The number of thiophene rings is 1. The first-order chi connectivity index (χ1) is 5.73. The number of hydrogen-bond donors (Lipinski definition) is 3. The minimum Gasteiger partial charge on any atom is -0.386 e. The first kappa shape index (κ1) is 10.6. The normalized spacial score (nSPS) is 16.9. The van der Waals surface area contributed by atoms with Crippen LogP contribution in [0.2, 0.25) is 0 Å². The third kappa shape index (κ3) is 2.28. The first-order valence-corrected chi connectivity index (χ1v) is 6.10. The van der Waals surface area contributed by atoms with Gasteiger partial charge in [-0.3, -0.25) is 0 Å². The Bertz CT molecular complexity index is 400. The molecular weight excluding hydrogens is 208 g/mol. The van der Waals surface area contributed by atoms with E-state index in [1.807, 2.05) is 0 Å². The molecular formula is C7H12N2O2S2. The summed E-state index contributed by atoms with van der Waals surface area (Å²) in [5.74, 6) is 0. The van der Waals surface area contributed by atoms with Crippen LogP contribution in [0.15, 0.2) is 15.7 Å². The van der Waals surface area contributed by atoms with Gasteiger partial charge in [0.1, 0.15) is 14.1 Å². The van der Waals surface area contributed by atoms with Crippen molar-refractivity contribution in [3.05, 3.63) is 17.0 Å². The molecule has 0 aromatic carbocycles. The average Bonchev–Trinajstić information content (AvgIpc) is 2.27. The lowest BCUT2D eigenvalue weighted by Gasteiger charge is -2.17. The molecule has 0 aliphatic carbocycles. The van der Waals surface area contributed by atoms with Crippen molar-refractivity contribution in [1.29, 1.82) is 4.78 Å². The van der Waals surface area contributed by atoms with Crippen molar-refractivity contribution in [3.8, 4) is 0 Å². The number of nitrogens with two attached hydrogens (primary N) is 1. The van der Waals surface area contributed by atoms with Crippen LogP contribution in [-0.4, -0.2) is 9.32 Å². The fourth-order valence-electron chi connectivity index (χ4n) is 0.984. The maximum atomic E-state index is 11.3. The molecule has 0 radical (unpaired) electrons. The molecule has 0 saturated heterocycles. The van der Waals surface area contributed by atoms with Gasteiger partial charge >= 0.3 is 0 Å². The van der Waals surface area contributed by atoms with Crippen LogP contribution in [0.5, 0.6) is 0 Å². The topological polar surface area (TPSA) is 87.2 Å². The van der Waals surface area contributed by atoms with E-state index in [4.69, 9.17) is 9.92 Å². The molecule has 1 rings (SSSR count). The molecule has 6 heteroatoms. The zero-order valence-electron chi connectivity index (χ0n) is 7.40. The highest BCUT2D eigenvalue weighted by Crippen LogP contribution is 2.30. The van der Waals surface area contributed by atoms with Crippen molar-refractivity contribution in [2.45, 2.75) is 23.7 Å². The fourth-order valence-corrected chi connectivity index (χ4v) is 3.14. The van der Waals surface area contributed by atoms with E-state index in [0.717, 1.165) is 11.3 Å². The Labute approximate surface area is 81.5 Å². The van der Waals surface area contributed by atoms with Crippen LogP contribution in [-0.2, 0) is 15.5 Å². The van der Waals surface area contributed by atoms with E-state index in [1.165, 1.54) is 0 Å². The van der Waals surface area contributed by atoms with E-state index in [2.05, 4.69) is 0 Å². The molecule has 0 spiro atoms. The van der Waals surface area contributed by atoms with Gasteiger partial charge < -0.3 is 5.11 Å². The molecule has 0 fully saturated rings. The first-order valence-electron chi connectivity index (χ1n) is 3.60. The maximum absolute atomic E-state index is 11.3. The second-order valence-corrected chi connectivity index (χ2v) is 6.07. The Kier molecular flexibility index (Phi) is 2.50. The largest absolute Gasteiger partial charge is 0.386 e. The van der Waals surface area contributed by atoms with Gasteiger partial charge in [-0.2, -0.15) is 0 Å². The lowest BCUT2D eigenvalue weighted by Crippen LogP contribution is -2.20. The predicted molar refractivity (Wildman–Crippen MR) is 52.9 cm³/mol. The molecule has 0 amide bonds. The van der Waals surface area contributed by atoms with Gasteiger partial charge in [-0.05, 0) is 25.3 Å². The molecule has 74 valence electrons. The van der Waals surface area contributed by atoms with Crippen LogP contribution in [0, 0.1) is 4.78 Å². The van der Waals surface area contributed by atoms with E-state index in [-0.39, 0.29) is 4.21 Å². The van der Waals surface area contributed by atoms with Gasteiger partial charge in [0.15, 0.2) is 0 Å². The van der Waals surface area contributed by atoms with E-state index in [0.29, 0.717) is 5.56 Å². The van der Waals surface area contributed by atoms with Gasteiger partial charge in [-0.25, -0.2) is 14.1 Å². The average molecular weight is 220 g/mol. The summed E-state index contributed by atoms with van der Waals surface area (Å²) >= 11 is 1.14. The Hall–Kier alpha value is -0.430. The summed E-state index contributed by atoms with van der Waals surface area (Å²) in [5, 5.41) is 16.5. The second-order valence-electron chi connectivity index (χ2n) is 3.28. The Morgan fingerprint density at radius 3 is 2.54 bits per heavy atom. The lowest BCUT2D eigenvalue weighted by atomic mass is 10.0. The van der Waals surface area contributed by atoms with Gasteiger partial charge in [-0.15, -0.1) is 11.3 Å². The fraction of sp³-hybridized carbons (Fsp3) is 0.429.